The van der Waals surface area contributed by atoms with Crippen LogP contribution in [0.15, 0.2) is 30.7 Å². The average molecular weight is 260 g/mol. The largest absolute Gasteiger partial charge is 0.377 e. The molecule has 5 heteroatoms. The topological polar surface area (TPSA) is 44.0 Å². The molecule has 0 radical (unpaired) electrons. The fourth-order valence-electron chi connectivity index (χ4n) is 2.42. The number of aryl methyl sites for hydroxylation is 1. The number of nitrogens with one attached hydrogen (secondary N) is 1. The lowest BCUT2D eigenvalue weighted by Gasteiger charge is -2.08. The molecule has 1 atom stereocenters. The third-order valence-corrected chi connectivity index (χ3v) is 3.57. The van der Waals surface area contributed by atoms with Crippen molar-refractivity contribution in [1.29, 1.82) is 0 Å². The zero-order valence-electron chi connectivity index (χ0n) is 11.2. The SMILES string of the molecule is Cn1cccc1CNc1cnn(CC2CCCO2)c1. The summed E-state index contributed by atoms with van der Waals surface area (Å²) in [6, 6.07) is 4.17. The van der Waals surface area contributed by atoms with Gasteiger partial charge in [-0.1, -0.05) is 0 Å². The van der Waals surface area contributed by atoms with Gasteiger partial charge in [-0.05, 0) is 25.0 Å². The van der Waals surface area contributed by atoms with Crippen LogP contribution in [0.1, 0.15) is 18.5 Å². The molecule has 2 aromatic rings. The fraction of sp³-hybridized carbons (Fsp3) is 0.500. The molecule has 1 unspecified atom stereocenters. The molecule has 0 amide bonds. The van der Waals surface area contributed by atoms with Crippen molar-refractivity contribution < 1.29 is 4.74 Å². The first-order valence-corrected chi connectivity index (χ1v) is 6.79. The molecule has 1 aliphatic rings. The van der Waals surface area contributed by atoms with Crippen LogP contribution in [0.2, 0.25) is 0 Å². The Bertz CT molecular complexity index is 525. The quantitative estimate of drug-likeness (QED) is 0.894. The number of nitrogens with zero attached hydrogens (tertiary/aromatic N) is 3. The summed E-state index contributed by atoms with van der Waals surface area (Å²) in [5.74, 6) is 0. The summed E-state index contributed by atoms with van der Waals surface area (Å²) in [4.78, 5) is 0. The van der Waals surface area contributed by atoms with Crippen LogP contribution in [0.4, 0.5) is 5.69 Å². The van der Waals surface area contributed by atoms with Crippen LogP contribution in [0, 0.1) is 0 Å². The van der Waals surface area contributed by atoms with Crippen LogP contribution in [0.25, 0.3) is 0 Å². The normalized spacial score (nSPS) is 18.9. The molecule has 0 spiro atoms. The number of rotatable bonds is 5. The van der Waals surface area contributed by atoms with Gasteiger partial charge in [0.15, 0.2) is 0 Å². The smallest absolute Gasteiger partial charge is 0.0771 e. The molecule has 0 bridgehead atoms. The molecule has 5 nitrogen and oxygen atoms in total. The van der Waals surface area contributed by atoms with Crippen LogP contribution in [0.3, 0.4) is 0 Å². The Morgan fingerprint density at radius 3 is 3.21 bits per heavy atom. The maximum atomic E-state index is 5.62. The number of hydrogen-bond donors (Lipinski definition) is 1. The zero-order valence-corrected chi connectivity index (χ0v) is 11.2. The fourth-order valence-corrected chi connectivity index (χ4v) is 2.42. The second-order valence-electron chi connectivity index (χ2n) is 5.05. The van der Waals surface area contributed by atoms with Gasteiger partial charge in [0.25, 0.3) is 0 Å². The molecular weight excluding hydrogens is 240 g/mol. The molecule has 1 N–H and O–H groups in total. The summed E-state index contributed by atoms with van der Waals surface area (Å²) in [7, 11) is 2.05. The highest BCUT2D eigenvalue weighted by Gasteiger charge is 2.16. The van der Waals surface area contributed by atoms with E-state index in [0.717, 1.165) is 31.8 Å². The Morgan fingerprint density at radius 2 is 2.47 bits per heavy atom. The van der Waals surface area contributed by atoms with Crippen LogP contribution < -0.4 is 5.32 Å². The Kier molecular flexibility index (Phi) is 3.55. The Balaban J connectivity index is 1.54. The van der Waals surface area contributed by atoms with Crippen LogP contribution in [-0.4, -0.2) is 27.1 Å². The van der Waals surface area contributed by atoms with E-state index in [2.05, 4.69) is 40.4 Å². The highest BCUT2D eigenvalue weighted by Crippen LogP contribution is 2.15. The molecule has 3 rings (SSSR count). The minimum absolute atomic E-state index is 0.334. The van der Waals surface area contributed by atoms with Gasteiger partial charge >= 0.3 is 0 Å². The molecular formula is C14H20N4O. The van der Waals surface area contributed by atoms with E-state index in [0.29, 0.717) is 6.10 Å². The molecule has 1 aliphatic heterocycles. The van der Waals surface area contributed by atoms with E-state index in [-0.39, 0.29) is 0 Å². The van der Waals surface area contributed by atoms with Crippen molar-refractivity contribution in [2.45, 2.75) is 32.0 Å². The number of hydrogen-bond acceptors (Lipinski definition) is 3. The van der Waals surface area contributed by atoms with E-state index < -0.39 is 0 Å². The summed E-state index contributed by atoms with van der Waals surface area (Å²) in [6.07, 6.45) is 8.62. The Labute approximate surface area is 113 Å². The van der Waals surface area contributed by atoms with E-state index in [1.54, 1.807) is 0 Å². The summed E-state index contributed by atoms with van der Waals surface area (Å²) < 4.78 is 9.69. The van der Waals surface area contributed by atoms with Gasteiger partial charge in [0, 0.05) is 31.7 Å². The number of ether oxygens (including phenoxy) is 1. The average Bonchev–Trinajstić information content (AvgIpc) is 3.10. The second-order valence-corrected chi connectivity index (χ2v) is 5.05. The minimum Gasteiger partial charge on any atom is -0.377 e. The standard InChI is InChI=1S/C14H20N4O/c1-17-6-2-4-13(17)9-15-12-8-16-18(10-12)11-14-5-3-7-19-14/h2,4,6,8,10,14-15H,3,5,7,9,11H2,1H3. The predicted molar refractivity (Wildman–Crippen MR) is 73.9 cm³/mol. The van der Waals surface area contributed by atoms with Gasteiger partial charge in [0.05, 0.1) is 31.1 Å². The number of aromatic nitrogens is 3. The predicted octanol–water partition coefficient (Wildman–Crippen LogP) is 2.01. The summed E-state index contributed by atoms with van der Waals surface area (Å²) in [5, 5.41) is 7.76. The molecule has 1 saturated heterocycles. The van der Waals surface area contributed by atoms with Gasteiger partial charge in [0.1, 0.15) is 0 Å². The molecule has 19 heavy (non-hydrogen) atoms. The van der Waals surface area contributed by atoms with Crippen molar-refractivity contribution in [1.82, 2.24) is 14.3 Å². The van der Waals surface area contributed by atoms with Crippen LogP contribution in [0.5, 0.6) is 0 Å². The van der Waals surface area contributed by atoms with Gasteiger partial charge in [-0.25, -0.2) is 0 Å². The van der Waals surface area contributed by atoms with E-state index in [1.165, 1.54) is 12.1 Å². The van der Waals surface area contributed by atoms with E-state index in [9.17, 15) is 0 Å². The van der Waals surface area contributed by atoms with Gasteiger partial charge in [-0.2, -0.15) is 5.10 Å². The van der Waals surface area contributed by atoms with Gasteiger partial charge in [0.2, 0.25) is 0 Å². The molecule has 1 fully saturated rings. The molecule has 0 saturated carbocycles. The van der Waals surface area contributed by atoms with Crippen molar-refractivity contribution in [2.24, 2.45) is 7.05 Å². The van der Waals surface area contributed by atoms with Crippen LogP contribution >= 0.6 is 0 Å². The van der Waals surface area contributed by atoms with E-state index in [4.69, 9.17) is 4.74 Å². The maximum Gasteiger partial charge on any atom is 0.0771 e. The van der Waals surface area contributed by atoms with Crippen molar-refractivity contribution in [3.63, 3.8) is 0 Å². The van der Waals surface area contributed by atoms with Gasteiger partial charge in [-0.3, -0.25) is 4.68 Å². The van der Waals surface area contributed by atoms with Crippen molar-refractivity contribution in [2.75, 3.05) is 11.9 Å². The molecule has 0 aliphatic carbocycles. The second kappa shape index (κ2) is 5.48. The first-order valence-electron chi connectivity index (χ1n) is 6.79. The van der Waals surface area contributed by atoms with Gasteiger partial charge in [-0.15, -0.1) is 0 Å². The Hall–Kier alpha value is -1.75. The van der Waals surface area contributed by atoms with Gasteiger partial charge < -0.3 is 14.6 Å². The first-order chi connectivity index (χ1) is 9.31. The van der Waals surface area contributed by atoms with Crippen molar-refractivity contribution in [3.05, 3.63) is 36.4 Å². The van der Waals surface area contributed by atoms with E-state index >= 15 is 0 Å². The molecule has 102 valence electrons. The van der Waals surface area contributed by atoms with Crippen molar-refractivity contribution >= 4 is 5.69 Å². The highest BCUT2D eigenvalue weighted by molar-refractivity contribution is 5.38. The highest BCUT2D eigenvalue weighted by atomic mass is 16.5. The third kappa shape index (κ3) is 2.98. The lowest BCUT2D eigenvalue weighted by Crippen LogP contribution is -2.15. The summed E-state index contributed by atoms with van der Waals surface area (Å²) in [6.45, 7) is 2.56. The number of anilines is 1. The lowest BCUT2D eigenvalue weighted by atomic mass is 10.2. The lowest BCUT2D eigenvalue weighted by molar-refractivity contribution is 0.0940. The van der Waals surface area contributed by atoms with E-state index in [1.807, 2.05) is 17.1 Å². The first kappa shape index (κ1) is 12.3. The molecule has 2 aromatic heterocycles. The Morgan fingerprint density at radius 1 is 1.53 bits per heavy atom. The van der Waals surface area contributed by atoms with Crippen molar-refractivity contribution in [3.8, 4) is 0 Å². The maximum absolute atomic E-state index is 5.62. The molecule has 3 heterocycles. The third-order valence-electron chi connectivity index (χ3n) is 3.57. The monoisotopic (exact) mass is 260 g/mol. The molecule has 0 aromatic carbocycles. The summed E-state index contributed by atoms with van der Waals surface area (Å²) in [5.41, 5.74) is 2.31. The zero-order chi connectivity index (χ0) is 13.1. The minimum atomic E-state index is 0.334. The summed E-state index contributed by atoms with van der Waals surface area (Å²) >= 11 is 0. The van der Waals surface area contributed by atoms with Crippen LogP contribution in [-0.2, 0) is 24.9 Å².